The van der Waals surface area contributed by atoms with E-state index in [1.165, 1.54) is 68.4 Å². The molecule has 0 spiro atoms. The van der Waals surface area contributed by atoms with Crippen LogP contribution >= 0.6 is 23.2 Å². The van der Waals surface area contributed by atoms with Crippen molar-refractivity contribution in [2.75, 3.05) is 0 Å². The van der Waals surface area contributed by atoms with Gasteiger partial charge in [-0.3, -0.25) is 0 Å². The Labute approximate surface area is 359 Å². The number of halogens is 2. The van der Waals surface area contributed by atoms with Gasteiger partial charge in [-0.15, -0.1) is 0 Å². The zero-order chi connectivity index (χ0) is 42.0. The molecule has 298 valence electrons. The standard InChI is InChI=1S/C29H41.2C10H6Cl.C5H5.CH2.Zr/c1-26(2,3)22-14-18-13-19-15-23(27(4,5)6)25(29(10,11)12)17-21(19)20(18)16-24(22)28(7,8)9;2*11-10-6-5-8-3-1-2-4-9(8)7-10;1-2-4-5-3-1;;/h14,16-17H,13H2,1-12H3;2*1-4,6-7H;1-3H,4H2;1H2;. The third-order valence-corrected chi connectivity index (χ3v) is 30.2. The number of benzene rings is 6. The zero-order valence-electron chi connectivity index (χ0n) is 36.8. The molecule has 0 amide bonds. The van der Waals surface area contributed by atoms with Crippen LogP contribution < -0.4 is 9.81 Å². The molecule has 0 heterocycles. The molecule has 0 saturated heterocycles. The summed E-state index contributed by atoms with van der Waals surface area (Å²) in [6.07, 6.45) is 8.72. The van der Waals surface area contributed by atoms with E-state index in [-0.39, 0.29) is 21.7 Å². The minimum atomic E-state index is -5.66. The van der Waals surface area contributed by atoms with Gasteiger partial charge in [0.05, 0.1) is 0 Å². The summed E-state index contributed by atoms with van der Waals surface area (Å²) < 4.78 is 11.6. The second-order valence-electron chi connectivity index (χ2n) is 21.6. The third kappa shape index (κ3) is 6.27. The maximum absolute atomic E-state index is 7.41. The van der Waals surface area contributed by atoms with Crippen LogP contribution in [-0.2, 0) is 46.4 Å². The molecule has 0 N–H and O–H groups in total. The van der Waals surface area contributed by atoms with E-state index < -0.39 is 18.3 Å². The van der Waals surface area contributed by atoms with E-state index in [9.17, 15) is 0 Å². The summed E-state index contributed by atoms with van der Waals surface area (Å²) in [5.74, 6) is 0. The molecule has 0 bridgehead atoms. The normalized spacial score (nSPS) is 15.0. The van der Waals surface area contributed by atoms with Crippen molar-refractivity contribution >= 4 is 58.8 Å². The van der Waals surface area contributed by atoms with Crippen LogP contribution in [0.4, 0.5) is 0 Å². The van der Waals surface area contributed by atoms with Gasteiger partial charge in [0.25, 0.3) is 0 Å². The molecule has 0 aliphatic heterocycles. The number of hydrogen-bond acceptors (Lipinski definition) is 0. The summed E-state index contributed by atoms with van der Waals surface area (Å²) >= 11 is 9.16. The van der Waals surface area contributed by atoms with Gasteiger partial charge in [0, 0.05) is 0 Å². The number of fused-ring (bicyclic) bond motifs is 5. The van der Waals surface area contributed by atoms with Crippen molar-refractivity contribution < 1.29 is 18.3 Å². The Morgan fingerprint density at radius 2 is 1.03 bits per heavy atom. The molecule has 0 radical (unpaired) electrons. The molecule has 58 heavy (non-hydrogen) atoms. The van der Waals surface area contributed by atoms with E-state index in [0.717, 1.165) is 33.7 Å². The Hall–Kier alpha value is -3.35. The van der Waals surface area contributed by atoms with Crippen molar-refractivity contribution in [1.29, 1.82) is 0 Å². The SMILES string of the molecule is [CH2]=[Zr]([C]1=CC=CC1)([c]1c2c(cc(C(C)(C)C)c1C(C)(C)C)-c1cc(C(C)(C)C)c(C(C)(C)C)cc1C2)([c]1cc(Cl)cc2ccccc12)[c]1cc(Cl)cc2ccccc12. The van der Waals surface area contributed by atoms with E-state index in [1.807, 2.05) is 0 Å². The van der Waals surface area contributed by atoms with E-state index >= 15 is 0 Å². The molecule has 2 aliphatic rings. The van der Waals surface area contributed by atoms with Crippen molar-refractivity contribution in [2.24, 2.45) is 0 Å². The van der Waals surface area contributed by atoms with Crippen LogP contribution in [0, 0.1) is 0 Å². The fraction of sp³-hybridized carbons (Fsp3) is 0.327. The average Bonchev–Trinajstić information content (AvgIpc) is 3.80. The van der Waals surface area contributed by atoms with Crippen LogP contribution in [0.1, 0.15) is 123 Å². The van der Waals surface area contributed by atoms with Gasteiger partial charge >= 0.3 is 362 Å². The van der Waals surface area contributed by atoms with Gasteiger partial charge in [-0.1, -0.05) is 0 Å². The zero-order valence-corrected chi connectivity index (χ0v) is 40.7. The Morgan fingerprint density at radius 3 is 1.50 bits per heavy atom. The van der Waals surface area contributed by atoms with E-state index in [4.69, 9.17) is 27.4 Å². The second-order valence-corrected chi connectivity index (χ2v) is 35.1. The predicted molar refractivity (Wildman–Crippen MR) is 255 cm³/mol. The number of allylic oxidation sites excluding steroid dienone is 4. The van der Waals surface area contributed by atoms with Gasteiger partial charge in [-0.2, -0.15) is 0 Å². The summed E-state index contributed by atoms with van der Waals surface area (Å²) in [6, 6.07) is 34.4. The van der Waals surface area contributed by atoms with Gasteiger partial charge in [-0.05, 0) is 0 Å². The van der Waals surface area contributed by atoms with Crippen LogP contribution in [-0.4, -0.2) is 4.21 Å². The summed E-state index contributed by atoms with van der Waals surface area (Å²) in [5.41, 5.74) is 10.8. The first-order valence-corrected chi connectivity index (χ1v) is 28.5. The van der Waals surface area contributed by atoms with E-state index in [2.05, 4.69) is 192 Å². The van der Waals surface area contributed by atoms with E-state index in [1.54, 1.807) is 0 Å². The third-order valence-electron chi connectivity index (χ3n) is 13.4. The predicted octanol–water partition coefficient (Wildman–Crippen LogP) is 14.3. The first kappa shape index (κ1) is 41.4. The number of hydrogen-bond donors (Lipinski definition) is 0. The summed E-state index contributed by atoms with van der Waals surface area (Å²) in [6.45, 7) is 28.7. The first-order chi connectivity index (χ1) is 26.9. The molecule has 8 rings (SSSR count). The quantitative estimate of drug-likeness (QED) is 0.165. The molecule has 3 heteroatoms. The van der Waals surface area contributed by atoms with Crippen LogP contribution in [0.5, 0.6) is 0 Å². The molecule has 6 aromatic rings. The summed E-state index contributed by atoms with van der Waals surface area (Å²) in [5, 5.41) is 6.20. The average molecular weight is 883 g/mol. The van der Waals surface area contributed by atoms with Crippen molar-refractivity contribution in [3.05, 3.63) is 156 Å². The Kier molecular flexibility index (Phi) is 9.69. The summed E-state index contributed by atoms with van der Waals surface area (Å²) in [4.78, 5) is 0. The Bertz CT molecular complexity index is 2740. The molecular formula is C55H60Cl2Zr. The topological polar surface area (TPSA) is 0 Å². The minimum absolute atomic E-state index is 0.0153. The van der Waals surface area contributed by atoms with Gasteiger partial charge in [0.1, 0.15) is 0 Å². The molecule has 0 unspecified atom stereocenters. The molecule has 0 nitrogen and oxygen atoms in total. The first-order valence-electron chi connectivity index (χ1n) is 21.1. The molecule has 2 aliphatic carbocycles. The van der Waals surface area contributed by atoms with Crippen LogP contribution in [0.2, 0.25) is 10.0 Å². The molecular weight excluding hydrogens is 823 g/mol. The molecule has 0 saturated carbocycles. The van der Waals surface area contributed by atoms with E-state index in [0.29, 0.717) is 0 Å². The molecule has 0 fully saturated rings. The second kappa shape index (κ2) is 13.6. The molecule has 0 atom stereocenters. The van der Waals surface area contributed by atoms with Gasteiger partial charge in [-0.25, -0.2) is 0 Å². The van der Waals surface area contributed by atoms with Crippen LogP contribution in [0.3, 0.4) is 0 Å². The van der Waals surface area contributed by atoms with Crippen LogP contribution in [0.25, 0.3) is 32.7 Å². The van der Waals surface area contributed by atoms with Crippen molar-refractivity contribution in [3.8, 4) is 11.1 Å². The molecule has 0 aromatic heterocycles. The van der Waals surface area contributed by atoms with Gasteiger partial charge in [0.2, 0.25) is 0 Å². The van der Waals surface area contributed by atoms with Crippen molar-refractivity contribution in [3.63, 3.8) is 0 Å². The van der Waals surface area contributed by atoms with Gasteiger partial charge < -0.3 is 0 Å². The van der Waals surface area contributed by atoms with Crippen molar-refractivity contribution in [2.45, 2.75) is 118 Å². The van der Waals surface area contributed by atoms with Gasteiger partial charge in [0.15, 0.2) is 0 Å². The van der Waals surface area contributed by atoms with Crippen LogP contribution in [0.15, 0.2) is 113 Å². The number of rotatable bonds is 4. The monoisotopic (exact) mass is 880 g/mol. The summed E-state index contributed by atoms with van der Waals surface area (Å²) in [7, 11) is 0. The molecule has 6 aromatic carbocycles. The Morgan fingerprint density at radius 1 is 0.552 bits per heavy atom. The Balaban J connectivity index is 1.73. The fourth-order valence-electron chi connectivity index (χ4n) is 10.8. The fourth-order valence-corrected chi connectivity index (χ4v) is 30.0. The maximum atomic E-state index is 7.41. The van der Waals surface area contributed by atoms with Crippen molar-refractivity contribution in [1.82, 2.24) is 0 Å².